The zero-order valence-corrected chi connectivity index (χ0v) is 10.7. The lowest BCUT2D eigenvalue weighted by atomic mass is 9.99. The molecule has 0 aliphatic carbocycles. The molecular formula is C13H13N3O4. The second kappa shape index (κ2) is 4.61. The predicted molar refractivity (Wildman–Crippen MR) is 71.9 cm³/mol. The summed E-state index contributed by atoms with van der Waals surface area (Å²) < 4.78 is 5.08. The van der Waals surface area contributed by atoms with E-state index in [1.807, 2.05) is 0 Å². The number of carboxylic acid groups (broad SMARTS) is 1. The largest absolute Gasteiger partial charge is 0.480 e. The van der Waals surface area contributed by atoms with E-state index < -0.39 is 23.7 Å². The number of aromatic nitrogens is 2. The zero-order chi connectivity index (χ0) is 14.3. The van der Waals surface area contributed by atoms with E-state index in [0.717, 1.165) is 0 Å². The van der Waals surface area contributed by atoms with Gasteiger partial charge in [0.05, 0.1) is 11.0 Å². The molecule has 1 fully saturated rings. The molecule has 2 heterocycles. The van der Waals surface area contributed by atoms with Gasteiger partial charge in [0.15, 0.2) is 11.9 Å². The number of H-pyrrole nitrogens is 1. The number of carboxylic acids is 1. The first-order valence-corrected chi connectivity index (χ1v) is 6.13. The Balaban J connectivity index is 2.04. The molecule has 2 atom stereocenters. The molecule has 2 aromatic rings. The molecule has 1 aromatic heterocycles. The van der Waals surface area contributed by atoms with Crippen molar-refractivity contribution in [1.82, 2.24) is 9.97 Å². The molecule has 0 amide bonds. The second-order valence-electron chi connectivity index (χ2n) is 4.62. The first kappa shape index (κ1) is 12.6. The van der Waals surface area contributed by atoms with Gasteiger partial charge < -0.3 is 19.7 Å². The number of carbonyl (C=O) groups is 1. The van der Waals surface area contributed by atoms with Crippen LogP contribution in [0.2, 0.25) is 0 Å². The molecule has 0 spiro atoms. The molecule has 1 saturated heterocycles. The summed E-state index contributed by atoms with van der Waals surface area (Å²) in [4.78, 5) is 31.7. The van der Waals surface area contributed by atoms with E-state index in [0.29, 0.717) is 17.6 Å². The van der Waals surface area contributed by atoms with E-state index >= 15 is 0 Å². The van der Waals surface area contributed by atoms with Crippen LogP contribution < -0.4 is 10.5 Å². The van der Waals surface area contributed by atoms with Gasteiger partial charge in [-0.1, -0.05) is 12.1 Å². The molecule has 7 nitrogen and oxygen atoms in total. The van der Waals surface area contributed by atoms with Crippen molar-refractivity contribution < 1.29 is 14.6 Å². The number of anilines is 1. The van der Waals surface area contributed by atoms with Crippen LogP contribution in [-0.4, -0.2) is 46.8 Å². The number of para-hydroxylation sites is 2. The molecule has 1 aromatic carbocycles. The third-order valence-electron chi connectivity index (χ3n) is 3.47. The maximum atomic E-state index is 12.0. The third kappa shape index (κ3) is 1.83. The number of ether oxygens (including phenoxy) is 1. The highest BCUT2D eigenvalue weighted by molar-refractivity contribution is 5.82. The summed E-state index contributed by atoms with van der Waals surface area (Å²) >= 11 is 0. The zero-order valence-electron chi connectivity index (χ0n) is 10.7. The van der Waals surface area contributed by atoms with Gasteiger partial charge in [-0.05, 0) is 12.1 Å². The van der Waals surface area contributed by atoms with Gasteiger partial charge >= 0.3 is 5.97 Å². The van der Waals surface area contributed by atoms with Crippen molar-refractivity contribution in [1.29, 1.82) is 0 Å². The van der Waals surface area contributed by atoms with E-state index in [4.69, 9.17) is 4.74 Å². The van der Waals surface area contributed by atoms with E-state index in [1.54, 1.807) is 24.3 Å². The molecule has 0 unspecified atom stereocenters. The normalized spacial score (nSPS) is 21.8. The molecule has 0 saturated carbocycles. The van der Waals surface area contributed by atoms with Crippen molar-refractivity contribution in [3.8, 4) is 0 Å². The van der Waals surface area contributed by atoms with Crippen molar-refractivity contribution in [2.24, 2.45) is 0 Å². The molecule has 3 rings (SSSR count). The minimum absolute atomic E-state index is 0.115. The number of rotatable bonds is 3. The van der Waals surface area contributed by atoms with Crippen LogP contribution in [0.5, 0.6) is 0 Å². The van der Waals surface area contributed by atoms with Crippen LogP contribution >= 0.6 is 0 Å². The van der Waals surface area contributed by atoms with E-state index in [9.17, 15) is 14.7 Å². The van der Waals surface area contributed by atoms with Crippen LogP contribution in [0.25, 0.3) is 11.0 Å². The van der Waals surface area contributed by atoms with Gasteiger partial charge in [-0.2, -0.15) is 0 Å². The Bertz CT molecular complexity index is 727. The molecule has 1 aliphatic rings. The summed E-state index contributed by atoms with van der Waals surface area (Å²) in [7, 11) is 1.45. The Hall–Kier alpha value is -2.41. The first-order chi connectivity index (χ1) is 9.61. The molecule has 1 aliphatic heterocycles. The van der Waals surface area contributed by atoms with E-state index in [2.05, 4.69) is 9.97 Å². The predicted octanol–water partition coefficient (Wildman–Crippen LogP) is 0.211. The van der Waals surface area contributed by atoms with Crippen molar-refractivity contribution in [2.45, 2.75) is 12.1 Å². The minimum atomic E-state index is -1.03. The smallest absolute Gasteiger partial charge is 0.329 e. The van der Waals surface area contributed by atoms with Crippen molar-refractivity contribution >= 4 is 22.8 Å². The number of aromatic amines is 1. The Morgan fingerprint density at radius 1 is 1.50 bits per heavy atom. The number of methoxy groups -OCH3 is 1. The summed E-state index contributed by atoms with van der Waals surface area (Å²) in [5.41, 5.74) is 0.841. The van der Waals surface area contributed by atoms with E-state index in [-0.39, 0.29) is 5.82 Å². The minimum Gasteiger partial charge on any atom is -0.480 e. The van der Waals surface area contributed by atoms with Gasteiger partial charge in [0.1, 0.15) is 6.10 Å². The van der Waals surface area contributed by atoms with E-state index in [1.165, 1.54) is 12.0 Å². The Labute approximate surface area is 113 Å². The number of aliphatic carboxylic acids is 1. The average Bonchev–Trinajstić information content (AvgIpc) is 2.38. The summed E-state index contributed by atoms with van der Waals surface area (Å²) in [5.74, 6) is -0.915. The standard InChI is InChI=1S/C13H13N3O4/c1-20-9-6-16(10(9)13(18)19)11-12(17)15-8-5-3-2-4-7(8)14-11/h2-5,9-10H,6H2,1H3,(H,15,17)(H,18,19)/t9-,10-/m0/s1. The summed E-state index contributed by atoms with van der Waals surface area (Å²) in [6.07, 6.45) is -0.430. The fraction of sp³-hybridized carbons (Fsp3) is 0.308. The number of fused-ring (bicyclic) bond motifs is 1. The lowest BCUT2D eigenvalue weighted by molar-refractivity contribution is -0.145. The molecule has 104 valence electrons. The Kier molecular flexibility index (Phi) is 2.90. The number of nitrogens with zero attached hydrogens (tertiary/aromatic N) is 2. The third-order valence-corrected chi connectivity index (χ3v) is 3.47. The molecular weight excluding hydrogens is 262 g/mol. The fourth-order valence-corrected chi connectivity index (χ4v) is 2.40. The fourth-order valence-electron chi connectivity index (χ4n) is 2.40. The van der Waals surface area contributed by atoms with Gasteiger partial charge in [-0.15, -0.1) is 0 Å². The van der Waals surface area contributed by atoms with Crippen LogP contribution in [0, 0.1) is 0 Å². The van der Waals surface area contributed by atoms with Gasteiger partial charge in [-0.25, -0.2) is 9.78 Å². The lowest BCUT2D eigenvalue weighted by Crippen LogP contribution is -2.66. The van der Waals surface area contributed by atoms with Crippen molar-refractivity contribution in [3.05, 3.63) is 34.6 Å². The number of hydrogen-bond acceptors (Lipinski definition) is 5. The Morgan fingerprint density at radius 3 is 2.95 bits per heavy atom. The number of nitrogens with one attached hydrogen (secondary N) is 1. The van der Waals surface area contributed by atoms with Crippen LogP contribution in [0.3, 0.4) is 0 Å². The summed E-state index contributed by atoms with van der Waals surface area (Å²) in [6.45, 7) is 0.335. The molecule has 2 N–H and O–H groups in total. The summed E-state index contributed by atoms with van der Waals surface area (Å²) in [5, 5.41) is 9.21. The van der Waals surface area contributed by atoms with Crippen LogP contribution in [-0.2, 0) is 9.53 Å². The van der Waals surface area contributed by atoms with Crippen LogP contribution in [0.4, 0.5) is 5.82 Å². The SMILES string of the molecule is CO[C@H]1CN(c2nc3ccccc3[nH]c2=O)[C@@H]1C(=O)O. The van der Waals surface area contributed by atoms with Crippen LogP contribution in [0.15, 0.2) is 29.1 Å². The number of benzene rings is 1. The highest BCUT2D eigenvalue weighted by Gasteiger charge is 2.46. The highest BCUT2D eigenvalue weighted by atomic mass is 16.5. The molecule has 7 heteroatoms. The molecule has 0 radical (unpaired) electrons. The number of hydrogen-bond donors (Lipinski definition) is 2. The maximum Gasteiger partial charge on any atom is 0.329 e. The van der Waals surface area contributed by atoms with Crippen LogP contribution in [0.1, 0.15) is 0 Å². The van der Waals surface area contributed by atoms with Crippen molar-refractivity contribution in [3.63, 3.8) is 0 Å². The van der Waals surface area contributed by atoms with Crippen molar-refractivity contribution in [2.75, 3.05) is 18.6 Å². The first-order valence-electron chi connectivity index (χ1n) is 6.13. The van der Waals surface area contributed by atoms with Gasteiger partial charge in [0.25, 0.3) is 5.56 Å². The second-order valence-corrected chi connectivity index (χ2v) is 4.62. The highest BCUT2D eigenvalue weighted by Crippen LogP contribution is 2.25. The summed E-state index contributed by atoms with van der Waals surface area (Å²) in [6, 6.07) is 6.23. The lowest BCUT2D eigenvalue weighted by Gasteiger charge is -2.44. The van der Waals surface area contributed by atoms with Gasteiger partial charge in [0.2, 0.25) is 0 Å². The monoisotopic (exact) mass is 275 g/mol. The Morgan fingerprint density at radius 2 is 2.25 bits per heavy atom. The molecule has 20 heavy (non-hydrogen) atoms. The molecule has 0 bridgehead atoms. The average molecular weight is 275 g/mol. The quantitative estimate of drug-likeness (QED) is 0.831. The maximum absolute atomic E-state index is 12.0. The topological polar surface area (TPSA) is 95.5 Å². The van der Waals surface area contributed by atoms with Gasteiger partial charge in [0, 0.05) is 13.7 Å². The van der Waals surface area contributed by atoms with Gasteiger partial charge in [-0.3, -0.25) is 4.79 Å².